The molecule has 4 heteroatoms. The first-order valence-electron chi connectivity index (χ1n) is 7.06. The molecule has 0 saturated heterocycles. The van der Waals surface area contributed by atoms with Crippen LogP contribution in [0.25, 0.3) is 6.08 Å². The van der Waals surface area contributed by atoms with Gasteiger partial charge in [-0.25, -0.2) is 5.48 Å². The molecule has 2 rings (SSSR count). The van der Waals surface area contributed by atoms with Gasteiger partial charge in [0.2, 0.25) is 0 Å². The fourth-order valence-corrected chi connectivity index (χ4v) is 2.24. The fourth-order valence-electron chi connectivity index (χ4n) is 2.24. The zero-order chi connectivity index (χ0) is 14.4. The van der Waals surface area contributed by atoms with Gasteiger partial charge < -0.3 is 4.90 Å². The van der Waals surface area contributed by atoms with E-state index < -0.39 is 0 Å². The molecule has 0 unspecified atom stereocenters. The predicted molar refractivity (Wildman–Crippen MR) is 81.3 cm³/mol. The van der Waals surface area contributed by atoms with E-state index in [0.717, 1.165) is 24.1 Å². The normalized spacial score (nSPS) is 15.7. The number of carbonyl (C=O) groups excluding carboxylic acids is 1. The van der Waals surface area contributed by atoms with Crippen LogP contribution < -0.4 is 10.4 Å². The first-order chi connectivity index (χ1) is 9.65. The number of carbonyl (C=O) groups is 1. The van der Waals surface area contributed by atoms with Gasteiger partial charge in [0.05, 0.1) is 6.10 Å². The summed E-state index contributed by atoms with van der Waals surface area (Å²) in [6.07, 6.45) is 7.92. The number of nitrogens with one attached hydrogen (secondary N) is 1. The van der Waals surface area contributed by atoms with Crippen LogP contribution in [0.3, 0.4) is 0 Å². The van der Waals surface area contributed by atoms with Crippen molar-refractivity contribution in [2.75, 3.05) is 19.0 Å². The largest absolute Gasteiger partial charge is 0.378 e. The average Bonchev–Trinajstić information content (AvgIpc) is 2.96. The van der Waals surface area contributed by atoms with Crippen molar-refractivity contribution in [2.24, 2.45) is 0 Å². The second kappa shape index (κ2) is 7.10. The Morgan fingerprint density at radius 2 is 1.90 bits per heavy atom. The van der Waals surface area contributed by atoms with E-state index in [4.69, 9.17) is 4.84 Å². The number of anilines is 1. The van der Waals surface area contributed by atoms with Crippen LogP contribution in [0.2, 0.25) is 0 Å². The maximum absolute atomic E-state index is 11.6. The molecule has 0 spiro atoms. The van der Waals surface area contributed by atoms with Gasteiger partial charge in [0, 0.05) is 25.9 Å². The minimum absolute atomic E-state index is 0.187. The third-order valence-electron chi connectivity index (χ3n) is 3.47. The molecular formula is C16H22N2O2. The molecule has 0 heterocycles. The van der Waals surface area contributed by atoms with Gasteiger partial charge in [-0.05, 0) is 36.6 Å². The third-order valence-corrected chi connectivity index (χ3v) is 3.47. The van der Waals surface area contributed by atoms with Gasteiger partial charge >= 0.3 is 0 Å². The van der Waals surface area contributed by atoms with Gasteiger partial charge in [-0.1, -0.05) is 25.0 Å². The van der Waals surface area contributed by atoms with E-state index >= 15 is 0 Å². The summed E-state index contributed by atoms with van der Waals surface area (Å²) < 4.78 is 0. The van der Waals surface area contributed by atoms with E-state index in [0.29, 0.717) is 0 Å². The lowest BCUT2D eigenvalue weighted by Gasteiger charge is -2.11. The minimum atomic E-state index is -0.214. The van der Waals surface area contributed by atoms with Gasteiger partial charge in [0.25, 0.3) is 5.91 Å². The summed E-state index contributed by atoms with van der Waals surface area (Å²) in [6.45, 7) is 0. The number of hydrogen-bond donors (Lipinski definition) is 1. The van der Waals surface area contributed by atoms with Crippen LogP contribution in [-0.2, 0) is 9.63 Å². The van der Waals surface area contributed by atoms with Crippen LogP contribution in [0.1, 0.15) is 31.2 Å². The molecule has 0 aliphatic heterocycles. The monoisotopic (exact) mass is 274 g/mol. The zero-order valence-corrected chi connectivity index (χ0v) is 12.1. The number of hydroxylamine groups is 1. The summed E-state index contributed by atoms with van der Waals surface area (Å²) >= 11 is 0. The van der Waals surface area contributed by atoms with E-state index in [1.165, 1.54) is 18.9 Å². The Morgan fingerprint density at radius 1 is 1.25 bits per heavy atom. The first-order valence-corrected chi connectivity index (χ1v) is 7.06. The van der Waals surface area contributed by atoms with Crippen molar-refractivity contribution in [3.05, 3.63) is 35.9 Å². The van der Waals surface area contributed by atoms with Crippen molar-refractivity contribution in [3.63, 3.8) is 0 Å². The molecule has 1 amide bonds. The average molecular weight is 274 g/mol. The van der Waals surface area contributed by atoms with E-state index in [9.17, 15) is 4.79 Å². The van der Waals surface area contributed by atoms with Crippen molar-refractivity contribution in [3.8, 4) is 0 Å². The number of hydrogen-bond acceptors (Lipinski definition) is 3. The van der Waals surface area contributed by atoms with Crippen LogP contribution in [0.5, 0.6) is 0 Å². The Kier molecular flexibility index (Phi) is 5.18. The summed E-state index contributed by atoms with van der Waals surface area (Å²) in [5.74, 6) is -0.214. The number of benzene rings is 1. The van der Waals surface area contributed by atoms with Crippen molar-refractivity contribution in [1.29, 1.82) is 0 Å². The van der Waals surface area contributed by atoms with Crippen molar-refractivity contribution >= 4 is 17.7 Å². The maximum Gasteiger partial charge on any atom is 0.267 e. The third kappa shape index (κ3) is 4.38. The summed E-state index contributed by atoms with van der Waals surface area (Å²) in [7, 11) is 4.00. The quantitative estimate of drug-likeness (QED) is 0.663. The summed E-state index contributed by atoms with van der Waals surface area (Å²) in [5.41, 5.74) is 4.62. The van der Waals surface area contributed by atoms with Crippen molar-refractivity contribution in [1.82, 2.24) is 5.48 Å². The Bertz CT molecular complexity index is 460. The van der Waals surface area contributed by atoms with E-state index in [1.54, 1.807) is 6.08 Å². The van der Waals surface area contributed by atoms with E-state index in [1.807, 2.05) is 43.3 Å². The minimum Gasteiger partial charge on any atom is -0.378 e. The van der Waals surface area contributed by atoms with Crippen molar-refractivity contribution < 1.29 is 9.63 Å². The van der Waals surface area contributed by atoms with E-state index in [2.05, 4.69) is 5.48 Å². The maximum atomic E-state index is 11.6. The molecule has 4 nitrogen and oxygen atoms in total. The molecule has 0 bridgehead atoms. The molecule has 1 saturated carbocycles. The van der Waals surface area contributed by atoms with Crippen LogP contribution in [0.4, 0.5) is 5.69 Å². The lowest BCUT2D eigenvalue weighted by atomic mass is 10.2. The highest BCUT2D eigenvalue weighted by Crippen LogP contribution is 2.19. The first kappa shape index (κ1) is 14.6. The molecule has 1 fully saturated rings. The highest BCUT2D eigenvalue weighted by molar-refractivity contribution is 5.91. The molecule has 1 aliphatic rings. The molecule has 0 atom stereocenters. The number of nitrogens with zero attached hydrogens (tertiary/aromatic N) is 1. The van der Waals surface area contributed by atoms with Gasteiger partial charge in [-0.3, -0.25) is 9.63 Å². The standard InChI is InChI=1S/C16H22N2O2/c1-18(2)14-10-7-13(8-11-14)9-12-16(19)17-20-15-5-3-4-6-15/h7-12,15H,3-6H2,1-2H3,(H,17,19)/b12-9+. The zero-order valence-electron chi connectivity index (χ0n) is 12.1. The molecule has 20 heavy (non-hydrogen) atoms. The highest BCUT2D eigenvalue weighted by Gasteiger charge is 2.16. The smallest absolute Gasteiger partial charge is 0.267 e. The van der Waals surface area contributed by atoms with Gasteiger partial charge in [-0.15, -0.1) is 0 Å². The molecule has 1 aromatic carbocycles. The molecule has 0 aromatic heterocycles. The molecule has 1 N–H and O–H groups in total. The lowest BCUT2D eigenvalue weighted by Crippen LogP contribution is -2.26. The molecular weight excluding hydrogens is 252 g/mol. The van der Waals surface area contributed by atoms with Crippen LogP contribution in [-0.4, -0.2) is 26.1 Å². The van der Waals surface area contributed by atoms with Crippen LogP contribution >= 0.6 is 0 Å². The van der Waals surface area contributed by atoms with E-state index in [-0.39, 0.29) is 12.0 Å². The molecule has 1 aliphatic carbocycles. The second-order valence-electron chi connectivity index (χ2n) is 5.31. The van der Waals surface area contributed by atoms with Crippen molar-refractivity contribution in [2.45, 2.75) is 31.8 Å². The summed E-state index contributed by atoms with van der Waals surface area (Å²) in [4.78, 5) is 19.0. The number of amides is 1. The summed E-state index contributed by atoms with van der Waals surface area (Å²) in [5, 5.41) is 0. The molecule has 1 aromatic rings. The lowest BCUT2D eigenvalue weighted by molar-refractivity contribution is -0.132. The highest BCUT2D eigenvalue weighted by atomic mass is 16.7. The predicted octanol–water partition coefficient (Wildman–Crippen LogP) is 2.76. The molecule has 0 radical (unpaired) electrons. The van der Waals surface area contributed by atoms with Crippen LogP contribution in [0.15, 0.2) is 30.3 Å². The Morgan fingerprint density at radius 3 is 2.50 bits per heavy atom. The molecule has 108 valence electrons. The van der Waals surface area contributed by atoms with Gasteiger partial charge in [0.1, 0.15) is 0 Å². The number of rotatable bonds is 5. The summed E-state index contributed by atoms with van der Waals surface area (Å²) in [6, 6.07) is 8.01. The Labute approximate surface area is 120 Å². The second-order valence-corrected chi connectivity index (χ2v) is 5.31. The van der Waals surface area contributed by atoms with Gasteiger partial charge in [-0.2, -0.15) is 0 Å². The topological polar surface area (TPSA) is 41.6 Å². The fraction of sp³-hybridized carbons (Fsp3) is 0.438. The SMILES string of the molecule is CN(C)c1ccc(/C=C/C(=O)NOC2CCCC2)cc1. The van der Waals surface area contributed by atoms with Crippen LogP contribution in [0, 0.1) is 0 Å². The Balaban J connectivity index is 1.80. The Hall–Kier alpha value is -1.81. The van der Waals surface area contributed by atoms with Gasteiger partial charge in [0.15, 0.2) is 0 Å².